The molecule has 3 rings (SSSR count). The van der Waals surface area contributed by atoms with Crippen LogP contribution >= 0.6 is 94.1 Å². The van der Waals surface area contributed by atoms with E-state index in [1.54, 1.807) is 0 Å². The van der Waals surface area contributed by atoms with Gasteiger partial charge in [0, 0.05) is 34.5 Å². The Kier molecular flexibility index (Phi) is 15.3. The first-order valence-electron chi connectivity index (χ1n) is 11.4. The summed E-state index contributed by atoms with van der Waals surface area (Å²) in [6.07, 6.45) is 4.72. The van der Waals surface area contributed by atoms with E-state index < -0.39 is 0 Å². The Hall–Kier alpha value is 0.320. The predicted octanol–water partition coefficient (Wildman–Crippen LogP) is 9.12. The Bertz CT molecular complexity index is 880. The van der Waals surface area contributed by atoms with E-state index in [0.717, 1.165) is 47.4 Å². The maximum absolute atomic E-state index is 11.3. The lowest BCUT2D eigenvalue weighted by Gasteiger charge is -2.10. The van der Waals surface area contributed by atoms with Gasteiger partial charge < -0.3 is 0 Å². The van der Waals surface area contributed by atoms with E-state index in [-0.39, 0.29) is 10.2 Å². The van der Waals surface area contributed by atoms with Gasteiger partial charge in [-0.15, -0.1) is 47.0 Å². The third kappa shape index (κ3) is 12.0. The average Bonchev–Trinajstić information content (AvgIpc) is 3.54. The number of benzene rings is 1. The maximum atomic E-state index is 11.3. The fourth-order valence-corrected chi connectivity index (χ4v) is 12.6. The van der Waals surface area contributed by atoms with Crippen LogP contribution in [0.25, 0.3) is 0 Å². The number of thioether (sulfide) groups is 8. The first-order chi connectivity index (χ1) is 17.6. The van der Waals surface area contributed by atoms with Crippen LogP contribution in [0.1, 0.15) is 24.0 Å². The maximum Gasteiger partial charge on any atom is 0.211 e. The van der Waals surface area contributed by atoms with Gasteiger partial charge in [0.05, 0.1) is 9.16 Å². The summed E-state index contributed by atoms with van der Waals surface area (Å²) in [6, 6.07) is 9.10. The molecule has 0 amide bonds. The molecule has 1 aromatic carbocycles. The standard InChI is InChI=1S/C26H30O2S8/c1-3-23(27)31-11-9-21-15-33-25(35-21)17-29-13-19-5-7-20(8-6-19)14-30-18-26-34-16-22(36-26)10-12-32-24(28)4-2/h3-8,15-16,25-26H,1-2,9-14,17-18H2. The highest BCUT2D eigenvalue weighted by Crippen LogP contribution is 2.44. The van der Waals surface area contributed by atoms with Gasteiger partial charge in [-0.25, -0.2) is 0 Å². The van der Waals surface area contributed by atoms with Gasteiger partial charge >= 0.3 is 0 Å². The fraction of sp³-hybridized carbons (Fsp3) is 0.385. The number of allylic oxidation sites excluding steroid dienone is 2. The van der Waals surface area contributed by atoms with Gasteiger partial charge in [-0.05, 0) is 56.7 Å². The molecule has 2 heterocycles. The Morgan fingerprint density at radius 3 is 1.56 bits per heavy atom. The summed E-state index contributed by atoms with van der Waals surface area (Å²) < 4.78 is 1.16. The summed E-state index contributed by atoms with van der Waals surface area (Å²) in [6.45, 7) is 7.04. The van der Waals surface area contributed by atoms with Crippen molar-refractivity contribution in [2.45, 2.75) is 33.5 Å². The van der Waals surface area contributed by atoms with Crippen LogP contribution in [0.5, 0.6) is 0 Å². The summed E-state index contributed by atoms with van der Waals surface area (Å²) in [5.41, 5.74) is 2.77. The number of hydrogen-bond donors (Lipinski definition) is 0. The average molecular weight is 631 g/mol. The van der Waals surface area contributed by atoms with Crippen molar-refractivity contribution in [1.82, 2.24) is 0 Å². The molecule has 2 aliphatic heterocycles. The van der Waals surface area contributed by atoms with Crippen molar-refractivity contribution in [1.29, 1.82) is 0 Å². The molecule has 10 heteroatoms. The van der Waals surface area contributed by atoms with Crippen molar-refractivity contribution in [3.8, 4) is 0 Å². The molecule has 0 aromatic heterocycles. The number of hydrogen-bond acceptors (Lipinski definition) is 10. The monoisotopic (exact) mass is 630 g/mol. The SMILES string of the molecule is C=CC(=O)SCCC1=CSC(CSCc2ccc(CSCC3SC=C(CCSC(=O)C=C)S3)cc2)S1. The normalized spacial score (nSPS) is 19.1. The molecular formula is C26H30O2S8. The van der Waals surface area contributed by atoms with E-state index in [9.17, 15) is 9.59 Å². The van der Waals surface area contributed by atoms with Crippen LogP contribution in [-0.2, 0) is 21.1 Å². The molecule has 1 aromatic rings. The lowest BCUT2D eigenvalue weighted by Crippen LogP contribution is -1.98. The van der Waals surface area contributed by atoms with Crippen molar-refractivity contribution in [3.63, 3.8) is 0 Å². The summed E-state index contributed by atoms with van der Waals surface area (Å²) >= 11 is 14.4. The molecule has 0 aliphatic carbocycles. The topological polar surface area (TPSA) is 34.1 Å². The van der Waals surface area contributed by atoms with E-state index in [2.05, 4.69) is 48.2 Å². The Morgan fingerprint density at radius 2 is 1.17 bits per heavy atom. The van der Waals surface area contributed by atoms with Gasteiger partial charge in [-0.2, -0.15) is 23.5 Å². The second-order valence-corrected chi connectivity index (χ2v) is 17.3. The number of carbonyl (C=O) groups is 2. The van der Waals surface area contributed by atoms with Gasteiger partial charge in [0.2, 0.25) is 10.2 Å². The van der Waals surface area contributed by atoms with Crippen LogP contribution in [0.4, 0.5) is 0 Å². The van der Waals surface area contributed by atoms with Gasteiger partial charge in [0.25, 0.3) is 0 Å². The molecule has 0 bridgehead atoms. The zero-order valence-electron chi connectivity index (χ0n) is 19.9. The molecule has 0 N–H and O–H groups in total. The Balaban J connectivity index is 1.23. The van der Waals surface area contributed by atoms with Crippen LogP contribution in [0.2, 0.25) is 0 Å². The third-order valence-corrected chi connectivity index (χ3v) is 15.1. The molecule has 2 unspecified atom stereocenters. The minimum Gasteiger partial charge on any atom is -0.282 e. The third-order valence-electron chi connectivity index (χ3n) is 4.86. The molecule has 0 fully saturated rings. The molecule has 2 aliphatic rings. The van der Waals surface area contributed by atoms with Crippen LogP contribution in [0.3, 0.4) is 0 Å². The zero-order valence-corrected chi connectivity index (χ0v) is 26.5. The van der Waals surface area contributed by atoms with Crippen molar-refractivity contribution >= 4 is 104 Å². The number of rotatable bonds is 16. The molecule has 0 saturated carbocycles. The Labute approximate surface area is 249 Å². The minimum absolute atomic E-state index is 0.0616. The smallest absolute Gasteiger partial charge is 0.211 e. The van der Waals surface area contributed by atoms with E-state index in [1.807, 2.05) is 70.6 Å². The van der Waals surface area contributed by atoms with Crippen LogP contribution in [0, 0.1) is 0 Å². The van der Waals surface area contributed by atoms with E-state index in [0.29, 0.717) is 9.16 Å². The lowest BCUT2D eigenvalue weighted by atomic mass is 10.2. The zero-order chi connectivity index (χ0) is 25.6. The van der Waals surface area contributed by atoms with E-state index in [4.69, 9.17) is 0 Å². The first kappa shape index (κ1) is 30.9. The first-order valence-corrected chi connectivity index (χ1v) is 19.3. The molecule has 2 atom stereocenters. The van der Waals surface area contributed by atoms with Gasteiger partial charge in [-0.3, -0.25) is 9.59 Å². The van der Waals surface area contributed by atoms with E-state index >= 15 is 0 Å². The molecule has 36 heavy (non-hydrogen) atoms. The second-order valence-electron chi connectivity index (χ2n) is 7.63. The van der Waals surface area contributed by atoms with Gasteiger partial charge in [0.15, 0.2) is 0 Å². The highest BCUT2D eigenvalue weighted by Gasteiger charge is 2.20. The predicted molar refractivity (Wildman–Crippen MR) is 177 cm³/mol. The minimum atomic E-state index is 0.0616. The highest BCUT2D eigenvalue weighted by atomic mass is 32.2. The van der Waals surface area contributed by atoms with Gasteiger partial charge in [0.1, 0.15) is 0 Å². The van der Waals surface area contributed by atoms with Crippen molar-refractivity contribution in [3.05, 3.63) is 81.3 Å². The number of carbonyl (C=O) groups excluding carboxylic acids is 2. The summed E-state index contributed by atoms with van der Waals surface area (Å²) in [7, 11) is 0. The fourth-order valence-electron chi connectivity index (χ4n) is 3.03. The Morgan fingerprint density at radius 1 is 0.750 bits per heavy atom. The lowest BCUT2D eigenvalue weighted by molar-refractivity contribution is -0.107. The largest absolute Gasteiger partial charge is 0.282 e. The van der Waals surface area contributed by atoms with E-state index in [1.165, 1.54) is 56.6 Å². The second kappa shape index (κ2) is 17.8. The molecule has 0 radical (unpaired) electrons. The van der Waals surface area contributed by atoms with Crippen molar-refractivity contribution < 1.29 is 9.59 Å². The molecular weight excluding hydrogens is 601 g/mol. The van der Waals surface area contributed by atoms with Gasteiger partial charge in [-0.1, -0.05) is 60.9 Å². The molecule has 194 valence electrons. The molecule has 0 saturated heterocycles. The van der Waals surface area contributed by atoms with Crippen LogP contribution < -0.4 is 0 Å². The van der Waals surface area contributed by atoms with Crippen molar-refractivity contribution in [2.24, 2.45) is 0 Å². The molecule has 0 spiro atoms. The highest BCUT2D eigenvalue weighted by molar-refractivity contribution is 8.24. The quantitative estimate of drug-likeness (QED) is 0.165. The summed E-state index contributed by atoms with van der Waals surface area (Å²) in [5.74, 6) is 6.02. The molecule has 2 nitrogen and oxygen atoms in total. The van der Waals surface area contributed by atoms with Crippen LogP contribution in [-0.4, -0.2) is 42.4 Å². The van der Waals surface area contributed by atoms with Crippen molar-refractivity contribution in [2.75, 3.05) is 23.0 Å². The van der Waals surface area contributed by atoms with Crippen LogP contribution in [0.15, 0.2) is 70.2 Å². The summed E-state index contributed by atoms with van der Waals surface area (Å²) in [5, 5.41) is 4.66. The summed E-state index contributed by atoms with van der Waals surface area (Å²) in [4.78, 5) is 25.4.